The van der Waals surface area contributed by atoms with E-state index in [-0.39, 0.29) is 12.5 Å². The van der Waals surface area contributed by atoms with Crippen LogP contribution < -0.4 is 0 Å². The fourth-order valence-corrected chi connectivity index (χ4v) is 2.90. The average molecular weight is 353 g/mol. The molecule has 4 heterocycles. The molecule has 0 saturated carbocycles. The van der Waals surface area contributed by atoms with Crippen molar-refractivity contribution < 1.29 is 9.32 Å². The molecule has 134 valence electrons. The average Bonchev–Trinajstić information content (AvgIpc) is 3.28. The fourth-order valence-electron chi connectivity index (χ4n) is 2.90. The van der Waals surface area contributed by atoms with E-state index in [9.17, 15) is 4.79 Å². The highest BCUT2D eigenvalue weighted by Crippen LogP contribution is 2.16. The molecule has 3 aromatic rings. The normalized spacial score (nSPS) is 14.2. The molecule has 0 bridgehead atoms. The summed E-state index contributed by atoms with van der Waals surface area (Å²) in [6.07, 6.45) is 3.34. The standard InChI is InChI=1S/C17H19N7O2/c1-22-6-7-24-13(10-22)8-14(20-24)17(25)23(2)11-15-19-16(21-26-15)12-4-3-5-18-9-12/h3-5,8-9H,6-7,10-11H2,1-2H3. The number of hydrogen-bond donors (Lipinski definition) is 0. The van der Waals surface area contributed by atoms with Crippen molar-refractivity contribution in [1.82, 2.24) is 34.7 Å². The third kappa shape index (κ3) is 3.21. The van der Waals surface area contributed by atoms with E-state index >= 15 is 0 Å². The van der Waals surface area contributed by atoms with Gasteiger partial charge in [-0.2, -0.15) is 10.1 Å². The second kappa shape index (κ2) is 6.68. The Balaban J connectivity index is 1.46. The van der Waals surface area contributed by atoms with Crippen LogP contribution in [0.4, 0.5) is 0 Å². The highest BCUT2D eigenvalue weighted by Gasteiger charge is 2.22. The van der Waals surface area contributed by atoms with Gasteiger partial charge in [-0.15, -0.1) is 0 Å². The van der Waals surface area contributed by atoms with Gasteiger partial charge in [0.05, 0.1) is 12.2 Å². The van der Waals surface area contributed by atoms with E-state index in [1.807, 2.05) is 16.8 Å². The molecule has 4 rings (SSSR count). The molecule has 0 N–H and O–H groups in total. The van der Waals surface area contributed by atoms with Crippen molar-refractivity contribution in [3.63, 3.8) is 0 Å². The zero-order chi connectivity index (χ0) is 18.1. The molecule has 0 saturated heterocycles. The summed E-state index contributed by atoms with van der Waals surface area (Å²) in [5.41, 5.74) is 2.25. The van der Waals surface area contributed by atoms with Crippen molar-refractivity contribution in [3.8, 4) is 11.4 Å². The van der Waals surface area contributed by atoms with Crippen LogP contribution in [-0.4, -0.2) is 61.3 Å². The number of aromatic nitrogens is 5. The third-order valence-corrected chi connectivity index (χ3v) is 4.31. The number of rotatable bonds is 4. The predicted molar refractivity (Wildman–Crippen MR) is 91.9 cm³/mol. The number of fused-ring (bicyclic) bond motifs is 1. The molecule has 0 atom stereocenters. The Hall–Kier alpha value is -3.07. The second-order valence-electron chi connectivity index (χ2n) is 6.40. The zero-order valence-electron chi connectivity index (χ0n) is 14.7. The van der Waals surface area contributed by atoms with E-state index in [2.05, 4.69) is 32.2 Å². The highest BCUT2D eigenvalue weighted by atomic mass is 16.5. The van der Waals surface area contributed by atoms with E-state index in [0.29, 0.717) is 17.4 Å². The van der Waals surface area contributed by atoms with Crippen LogP contribution in [0.5, 0.6) is 0 Å². The smallest absolute Gasteiger partial charge is 0.274 e. The lowest BCUT2D eigenvalue weighted by Gasteiger charge is -2.22. The topological polar surface area (TPSA) is 93.2 Å². The molecule has 1 aliphatic rings. The van der Waals surface area contributed by atoms with Gasteiger partial charge < -0.3 is 9.42 Å². The molecular formula is C17H19N7O2. The molecule has 0 aromatic carbocycles. The Bertz CT molecular complexity index is 918. The number of amides is 1. The third-order valence-electron chi connectivity index (χ3n) is 4.31. The summed E-state index contributed by atoms with van der Waals surface area (Å²) in [5, 5.41) is 8.37. The van der Waals surface area contributed by atoms with Gasteiger partial charge in [0.1, 0.15) is 6.54 Å². The van der Waals surface area contributed by atoms with Crippen LogP contribution in [0, 0.1) is 0 Å². The summed E-state index contributed by atoms with van der Waals surface area (Å²) in [4.78, 5) is 24.8. The molecule has 9 heteroatoms. The van der Waals surface area contributed by atoms with Crippen molar-refractivity contribution in [3.05, 3.63) is 47.9 Å². The number of carbonyl (C=O) groups excluding carboxylic acids is 1. The number of likely N-dealkylation sites (N-methyl/N-ethyl adjacent to an activating group) is 1. The predicted octanol–water partition coefficient (Wildman–Crippen LogP) is 1.05. The highest BCUT2D eigenvalue weighted by molar-refractivity contribution is 5.92. The van der Waals surface area contributed by atoms with Gasteiger partial charge in [-0.05, 0) is 25.2 Å². The van der Waals surface area contributed by atoms with Crippen LogP contribution in [0.15, 0.2) is 35.1 Å². The monoisotopic (exact) mass is 353 g/mol. The summed E-state index contributed by atoms with van der Waals surface area (Å²) in [6.45, 7) is 2.73. The Morgan fingerprint density at radius 1 is 1.38 bits per heavy atom. The zero-order valence-corrected chi connectivity index (χ0v) is 14.7. The van der Waals surface area contributed by atoms with E-state index < -0.39 is 0 Å². The van der Waals surface area contributed by atoms with E-state index in [0.717, 1.165) is 30.9 Å². The van der Waals surface area contributed by atoms with Crippen LogP contribution in [0.2, 0.25) is 0 Å². The number of carbonyl (C=O) groups is 1. The minimum atomic E-state index is -0.171. The van der Waals surface area contributed by atoms with Gasteiger partial charge >= 0.3 is 0 Å². The molecule has 0 unspecified atom stereocenters. The van der Waals surface area contributed by atoms with Crippen LogP contribution in [0.1, 0.15) is 22.1 Å². The van der Waals surface area contributed by atoms with Crippen molar-refractivity contribution in [2.75, 3.05) is 20.6 Å². The maximum absolute atomic E-state index is 12.7. The summed E-state index contributed by atoms with van der Waals surface area (Å²) in [6, 6.07) is 5.51. The lowest BCUT2D eigenvalue weighted by atomic mass is 10.3. The first-order chi connectivity index (χ1) is 12.6. The molecule has 3 aromatic heterocycles. The van der Waals surface area contributed by atoms with Gasteiger partial charge in [-0.3, -0.25) is 19.4 Å². The molecule has 9 nitrogen and oxygen atoms in total. The minimum absolute atomic E-state index is 0.171. The van der Waals surface area contributed by atoms with Crippen molar-refractivity contribution in [1.29, 1.82) is 0 Å². The summed E-state index contributed by atoms with van der Waals surface area (Å²) < 4.78 is 7.15. The Morgan fingerprint density at radius 3 is 3.08 bits per heavy atom. The van der Waals surface area contributed by atoms with Crippen LogP contribution in [0.3, 0.4) is 0 Å². The first kappa shape index (κ1) is 16.4. The van der Waals surface area contributed by atoms with Gasteiger partial charge in [0.15, 0.2) is 5.69 Å². The summed E-state index contributed by atoms with van der Waals surface area (Å²) >= 11 is 0. The Kier molecular flexibility index (Phi) is 4.21. The Morgan fingerprint density at radius 2 is 2.27 bits per heavy atom. The molecule has 1 amide bonds. The molecule has 26 heavy (non-hydrogen) atoms. The summed E-state index contributed by atoms with van der Waals surface area (Å²) in [5.74, 6) is 0.647. The SMILES string of the molecule is CN1CCn2nc(C(=O)N(C)Cc3nc(-c4cccnc4)no3)cc2C1. The number of hydrogen-bond acceptors (Lipinski definition) is 7. The fraction of sp³-hybridized carbons (Fsp3) is 0.353. The molecule has 0 aliphatic carbocycles. The largest absolute Gasteiger partial charge is 0.337 e. The van der Waals surface area contributed by atoms with E-state index in [1.165, 1.54) is 4.90 Å². The minimum Gasteiger partial charge on any atom is -0.337 e. The van der Waals surface area contributed by atoms with Gasteiger partial charge in [-0.1, -0.05) is 5.16 Å². The van der Waals surface area contributed by atoms with E-state index in [4.69, 9.17) is 4.52 Å². The molecular weight excluding hydrogens is 334 g/mol. The van der Waals surface area contributed by atoms with Gasteiger partial charge in [0.2, 0.25) is 11.7 Å². The van der Waals surface area contributed by atoms with Gasteiger partial charge in [-0.25, -0.2) is 0 Å². The van der Waals surface area contributed by atoms with Crippen LogP contribution in [-0.2, 0) is 19.6 Å². The lowest BCUT2D eigenvalue weighted by molar-refractivity contribution is 0.0762. The molecule has 0 spiro atoms. The first-order valence-electron chi connectivity index (χ1n) is 8.34. The van der Waals surface area contributed by atoms with Crippen LogP contribution >= 0.6 is 0 Å². The lowest BCUT2D eigenvalue weighted by Crippen LogP contribution is -2.30. The van der Waals surface area contributed by atoms with Gasteiger partial charge in [0.25, 0.3) is 5.91 Å². The first-order valence-corrected chi connectivity index (χ1v) is 8.34. The molecule has 0 fully saturated rings. The number of pyridine rings is 1. The number of nitrogens with zero attached hydrogens (tertiary/aromatic N) is 7. The summed E-state index contributed by atoms with van der Waals surface area (Å²) in [7, 11) is 3.75. The van der Waals surface area contributed by atoms with Crippen molar-refractivity contribution in [2.24, 2.45) is 0 Å². The van der Waals surface area contributed by atoms with Crippen molar-refractivity contribution in [2.45, 2.75) is 19.6 Å². The maximum atomic E-state index is 12.7. The maximum Gasteiger partial charge on any atom is 0.274 e. The van der Waals surface area contributed by atoms with E-state index in [1.54, 1.807) is 25.5 Å². The molecule has 0 radical (unpaired) electrons. The van der Waals surface area contributed by atoms with Gasteiger partial charge in [0, 0.05) is 38.1 Å². The molecule has 1 aliphatic heterocycles. The quantitative estimate of drug-likeness (QED) is 0.692. The Labute approximate surface area is 150 Å². The van der Waals surface area contributed by atoms with Crippen LogP contribution in [0.25, 0.3) is 11.4 Å². The van der Waals surface area contributed by atoms with Crippen molar-refractivity contribution >= 4 is 5.91 Å². The second-order valence-corrected chi connectivity index (χ2v) is 6.40.